The van der Waals surface area contributed by atoms with Gasteiger partial charge in [0, 0.05) is 31.7 Å². The maximum absolute atomic E-state index is 5.69. The van der Waals surface area contributed by atoms with Crippen LogP contribution in [0, 0.1) is 5.92 Å². The molecule has 4 nitrogen and oxygen atoms in total. The van der Waals surface area contributed by atoms with Gasteiger partial charge in [-0.1, -0.05) is 20.3 Å². The van der Waals surface area contributed by atoms with Gasteiger partial charge in [-0.15, -0.1) is 0 Å². The lowest BCUT2D eigenvalue weighted by Gasteiger charge is -2.39. The molecule has 3 atom stereocenters. The van der Waals surface area contributed by atoms with Gasteiger partial charge in [-0.05, 0) is 32.9 Å². The predicted molar refractivity (Wildman–Crippen MR) is 73.7 cm³/mol. The number of nitrogens with one attached hydrogen (secondary N) is 1. The average Bonchev–Trinajstić information content (AvgIpc) is 2.32. The molecule has 3 N–H and O–H groups in total. The summed E-state index contributed by atoms with van der Waals surface area (Å²) in [6.07, 6.45) is 3.57. The fraction of sp³-hybridized carbons (Fsp3) is 1.00. The van der Waals surface area contributed by atoms with E-state index in [1.165, 1.54) is 25.9 Å². The maximum Gasteiger partial charge on any atom is 0.0235 e. The Morgan fingerprint density at radius 2 is 2.06 bits per heavy atom. The van der Waals surface area contributed by atoms with Gasteiger partial charge in [-0.25, -0.2) is 0 Å². The fourth-order valence-corrected chi connectivity index (χ4v) is 2.57. The quantitative estimate of drug-likeness (QED) is 0.536. The number of hydrogen-bond donors (Lipinski definition) is 2. The molecule has 0 aliphatic carbocycles. The molecule has 17 heavy (non-hydrogen) atoms. The van der Waals surface area contributed by atoms with E-state index < -0.39 is 0 Å². The van der Waals surface area contributed by atoms with Gasteiger partial charge in [0.25, 0.3) is 0 Å². The third-order valence-corrected chi connectivity index (χ3v) is 4.16. The van der Waals surface area contributed by atoms with E-state index in [4.69, 9.17) is 5.84 Å². The maximum atomic E-state index is 5.69. The zero-order chi connectivity index (χ0) is 12.8. The minimum Gasteiger partial charge on any atom is -0.304 e. The molecule has 1 aliphatic heterocycles. The van der Waals surface area contributed by atoms with Crippen LogP contribution in [-0.2, 0) is 0 Å². The molecule has 0 aromatic heterocycles. The first-order valence-electron chi connectivity index (χ1n) is 6.91. The molecule has 1 heterocycles. The topological polar surface area (TPSA) is 44.5 Å². The summed E-state index contributed by atoms with van der Waals surface area (Å²) >= 11 is 0. The molecule has 1 saturated heterocycles. The van der Waals surface area contributed by atoms with Crippen molar-refractivity contribution in [3.05, 3.63) is 0 Å². The summed E-state index contributed by atoms with van der Waals surface area (Å²) in [4.78, 5) is 4.89. The summed E-state index contributed by atoms with van der Waals surface area (Å²) < 4.78 is 0. The zero-order valence-corrected chi connectivity index (χ0v) is 11.9. The highest BCUT2D eigenvalue weighted by atomic mass is 15.3. The molecule has 0 radical (unpaired) electrons. The van der Waals surface area contributed by atoms with Crippen LogP contribution in [0.4, 0.5) is 0 Å². The first-order chi connectivity index (χ1) is 8.06. The number of rotatable bonds is 6. The second-order valence-corrected chi connectivity index (χ2v) is 5.75. The Morgan fingerprint density at radius 3 is 2.65 bits per heavy atom. The lowest BCUT2D eigenvalue weighted by Crippen LogP contribution is -2.53. The van der Waals surface area contributed by atoms with E-state index in [9.17, 15) is 0 Å². The van der Waals surface area contributed by atoms with Crippen LogP contribution in [0.25, 0.3) is 0 Å². The van der Waals surface area contributed by atoms with E-state index in [-0.39, 0.29) is 0 Å². The monoisotopic (exact) mass is 242 g/mol. The Balaban J connectivity index is 2.42. The summed E-state index contributed by atoms with van der Waals surface area (Å²) in [6.45, 7) is 8.07. The molecule has 0 aromatic carbocycles. The third kappa shape index (κ3) is 4.92. The van der Waals surface area contributed by atoms with Gasteiger partial charge in [-0.3, -0.25) is 11.3 Å². The Morgan fingerprint density at radius 1 is 1.35 bits per heavy atom. The largest absolute Gasteiger partial charge is 0.304 e. The fourth-order valence-electron chi connectivity index (χ4n) is 2.57. The van der Waals surface area contributed by atoms with Gasteiger partial charge >= 0.3 is 0 Å². The molecule has 102 valence electrons. The molecule has 0 amide bonds. The van der Waals surface area contributed by atoms with Crippen LogP contribution in [0.5, 0.6) is 0 Å². The summed E-state index contributed by atoms with van der Waals surface area (Å²) in [6, 6.07) is 1.09. The molecule has 1 rings (SSSR count). The minimum atomic E-state index is 0.448. The molecule has 1 aliphatic rings. The number of nitrogens with zero attached hydrogens (tertiary/aromatic N) is 2. The van der Waals surface area contributed by atoms with Crippen molar-refractivity contribution in [1.82, 2.24) is 15.2 Å². The van der Waals surface area contributed by atoms with Crippen molar-refractivity contribution in [3.8, 4) is 0 Å². The molecule has 0 saturated carbocycles. The Hall–Kier alpha value is -0.160. The highest BCUT2D eigenvalue weighted by molar-refractivity contribution is 4.83. The van der Waals surface area contributed by atoms with Crippen LogP contribution in [0.2, 0.25) is 0 Å². The van der Waals surface area contributed by atoms with Crippen LogP contribution in [0.3, 0.4) is 0 Å². The second-order valence-electron chi connectivity index (χ2n) is 5.75. The van der Waals surface area contributed by atoms with Crippen molar-refractivity contribution in [2.75, 3.05) is 33.7 Å². The van der Waals surface area contributed by atoms with E-state index in [1.54, 1.807) is 0 Å². The van der Waals surface area contributed by atoms with Crippen molar-refractivity contribution in [1.29, 1.82) is 0 Å². The van der Waals surface area contributed by atoms with Crippen LogP contribution in [0.1, 0.15) is 33.1 Å². The zero-order valence-electron chi connectivity index (χ0n) is 11.9. The normalized spacial score (nSPS) is 27.0. The molecule has 0 aromatic rings. The SMILES string of the molecule is CCC(C)CC(CC1CN(C)CCN1C)NN. The van der Waals surface area contributed by atoms with Crippen molar-refractivity contribution in [2.45, 2.75) is 45.2 Å². The molecule has 4 heteroatoms. The van der Waals surface area contributed by atoms with Gasteiger partial charge in [0.05, 0.1) is 0 Å². The first kappa shape index (κ1) is 14.9. The van der Waals surface area contributed by atoms with E-state index in [0.29, 0.717) is 12.1 Å². The van der Waals surface area contributed by atoms with E-state index >= 15 is 0 Å². The lowest BCUT2D eigenvalue weighted by atomic mass is 9.94. The van der Waals surface area contributed by atoms with Gasteiger partial charge in [0.1, 0.15) is 0 Å². The van der Waals surface area contributed by atoms with E-state index in [2.05, 4.69) is 43.2 Å². The van der Waals surface area contributed by atoms with E-state index in [0.717, 1.165) is 18.9 Å². The molecule has 1 fully saturated rings. The standard InChI is InChI=1S/C13H30N4/c1-5-11(2)8-12(15-14)9-13-10-16(3)6-7-17(13)4/h11-13,15H,5-10,14H2,1-4H3. The van der Waals surface area contributed by atoms with Crippen molar-refractivity contribution in [3.63, 3.8) is 0 Å². The minimum absolute atomic E-state index is 0.448. The van der Waals surface area contributed by atoms with Crippen molar-refractivity contribution < 1.29 is 0 Å². The van der Waals surface area contributed by atoms with Gasteiger partial charge in [0.2, 0.25) is 0 Å². The second kappa shape index (κ2) is 7.31. The van der Waals surface area contributed by atoms with Gasteiger partial charge in [0.15, 0.2) is 0 Å². The smallest absolute Gasteiger partial charge is 0.0235 e. The average molecular weight is 242 g/mol. The third-order valence-electron chi connectivity index (χ3n) is 4.16. The Labute approximate surface area is 106 Å². The molecule has 3 unspecified atom stereocenters. The summed E-state index contributed by atoms with van der Waals surface area (Å²) in [7, 11) is 4.44. The highest BCUT2D eigenvalue weighted by Gasteiger charge is 2.25. The number of piperazine rings is 1. The van der Waals surface area contributed by atoms with Gasteiger partial charge in [-0.2, -0.15) is 0 Å². The van der Waals surface area contributed by atoms with Crippen molar-refractivity contribution in [2.24, 2.45) is 11.8 Å². The molecule has 0 spiro atoms. The first-order valence-corrected chi connectivity index (χ1v) is 6.91. The van der Waals surface area contributed by atoms with Crippen LogP contribution < -0.4 is 11.3 Å². The summed E-state index contributed by atoms with van der Waals surface area (Å²) in [5, 5.41) is 0. The van der Waals surface area contributed by atoms with Crippen LogP contribution in [0.15, 0.2) is 0 Å². The van der Waals surface area contributed by atoms with Crippen LogP contribution in [-0.4, -0.2) is 55.6 Å². The number of hydrogen-bond acceptors (Lipinski definition) is 4. The number of hydrazine groups is 1. The van der Waals surface area contributed by atoms with E-state index in [1.807, 2.05) is 0 Å². The highest BCUT2D eigenvalue weighted by Crippen LogP contribution is 2.17. The Kier molecular flexibility index (Phi) is 6.41. The molecular formula is C13H30N4. The molecular weight excluding hydrogens is 212 g/mol. The summed E-state index contributed by atoms with van der Waals surface area (Å²) in [5.74, 6) is 6.44. The number of nitrogens with two attached hydrogens (primary N) is 1. The Bertz CT molecular complexity index is 210. The molecule has 0 bridgehead atoms. The van der Waals surface area contributed by atoms with Crippen LogP contribution >= 0.6 is 0 Å². The lowest BCUT2D eigenvalue weighted by molar-refractivity contribution is 0.0984. The van der Waals surface area contributed by atoms with Gasteiger partial charge < -0.3 is 9.80 Å². The predicted octanol–water partition coefficient (Wildman–Crippen LogP) is 0.890. The number of likely N-dealkylation sites (N-methyl/N-ethyl adjacent to an activating group) is 2. The van der Waals surface area contributed by atoms with Crippen molar-refractivity contribution >= 4 is 0 Å². The summed E-state index contributed by atoms with van der Waals surface area (Å²) in [5.41, 5.74) is 3.00.